The summed E-state index contributed by atoms with van der Waals surface area (Å²) in [7, 11) is 0. The van der Waals surface area contributed by atoms with Crippen LogP contribution in [0, 0.1) is 0 Å². The summed E-state index contributed by atoms with van der Waals surface area (Å²) in [6, 6.07) is 26.3. The van der Waals surface area contributed by atoms with Crippen LogP contribution in [0.5, 0.6) is 0 Å². The molecule has 6 nitrogen and oxygen atoms in total. The number of para-hydroxylation sites is 1. The van der Waals surface area contributed by atoms with Gasteiger partial charge < -0.3 is 16.0 Å². The number of fused-ring (bicyclic) bond motifs is 1. The van der Waals surface area contributed by atoms with Crippen molar-refractivity contribution < 1.29 is 9.59 Å². The van der Waals surface area contributed by atoms with Crippen LogP contribution < -0.4 is 16.0 Å². The van der Waals surface area contributed by atoms with E-state index in [0.29, 0.717) is 28.4 Å². The Morgan fingerprint density at radius 1 is 0.889 bits per heavy atom. The van der Waals surface area contributed by atoms with Crippen LogP contribution in [0.25, 0.3) is 0 Å². The number of nitrogens with zero attached hydrogens (tertiary/aromatic N) is 1. The molecule has 2 heterocycles. The van der Waals surface area contributed by atoms with Crippen molar-refractivity contribution in [3.05, 3.63) is 118 Å². The van der Waals surface area contributed by atoms with Gasteiger partial charge in [-0.2, -0.15) is 0 Å². The number of hydrogen-bond acceptors (Lipinski definition) is 4. The SMILES string of the molecule is CC1=C(C(=O)Nc2ccccc2)C(c2ccccc2)C2=C(NC(=O)Nc3cccc(Br)c3)CSC2=N1. The molecule has 0 spiro atoms. The maximum absolute atomic E-state index is 13.6. The Bertz CT molecular complexity index is 1420. The number of carbonyl (C=O) groups is 2. The van der Waals surface area contributed by atoms with Crippen molar-refractivity contribution in [1.82, 2.24) is 5.32 Å². The van der Waals surface area contributed by atoms with Gasteiger partial charge in [0.05, 0.1) is 5.57 Å². The Kier molecular flexibility index (Phi) is 7.06. The van der Waals surface area contributed by atoms with Gasteiger partial charge in [-0.1, -0.05) is 82.3 Å². The lowest BCUT2D eigenvalue weighted by atomic mass is 9.81. The minimum Gasteiger partial charge on any atom is -0.322 e. The molecule has 1 atom stereocenters. The first-order valence-electron chi connectivity index (χ1n) is 11.4. The second kappa shape index (κ2) is 10.6. The first-order valence-corrected chi connectivity index (χ1v) is 13.2. The maximum Gasteiger partial charge on any atom is 0.323 e. The summed E-state index contributed by atoms with van der Waals surface area (Å²) in [6.07, 6.45) is 0. The minimum absolute atomic E-state index is 0.210. The summed E-state index contributed by atoms with van der Waals surface area (Å²) >= 11 is 4.99. The summed E-state index contributed by atoms with van der Waals surface area (Å²) < 4.78 is 0.874. The fraction of sp³-hybridized carbons (Fsp3) is 0.107. The van der Waals surface area contributed by atoms with Gasteiger partial charge in [0.25, 0.3) is 5.91 Å². The molecule has 180 valence electrons. The standard InChI is InChI=1S/C28H23BrN4O2S/c1-17-23(26(34)31-20-12-6-3-7-13-20)24(18-9-4-2-5-10-18)25-22(16-36-27(25)30-17)33-28(35)32-21-14-8-11-19(29)15-21/h2-15,24H,16H2,1H3,(H,31,34)(H2,32,33,35). The summed E-state index contributed by atoms with van der Waals surface area (Å²) in [5, 5.41) is 9.75. The van der Waals surface area contributed by atoms with E-state index in [2.05, 4.69) is 31.9 Å². The number of thioether (sulfide) groups is 1. The van der Waals surface area contributed by atoms with Gasteiger partial charge in [0.1, 0.15) is 5.04 Å². The van der Waals surface area contributed by atoms with E-state index in [1.165, 1.54) is 0 Å². The van der Waals surface area contributed by atoms with E-state index in [1.54, 1.807) is 11.8 Å². The number of anilines is 2. The molecule has 0 fully saturated rings. The molecule has 3 aromatic carbocycles. The highest BCUT2D eigenvalue weighted by Gasteiger charge is 2.39. The third-order valence-electron chi connectivity index (χ3n) is 5.90. The van der Waals surface area contributed by atoms with E-state index in [1.807, 2.05) is 91.9 Å². The molecule has 36 heavy (non-hydrogen) atoms. The molecule has 5 rings (SSSR count). The van der Waals surface area contributed by atoms with E-state index in [0.717, 1.165) is 26.4 Å². The number of rotatable bonds is 5. The molecular formula is C28H23BrN4O2S. The molecule has 0 saturated carbocycles. The van der Waals surface area contributed by atoms with Crippen molar-refractivity contribution in [2.45, 2.75) is 12.8 Å². The molecular weight excluding hydrogens is 536 g/mol. The quantitative estimate of drug-likeness (QED) is 0.326. The number of halogens is 1. The number of amides is 3. The molecule has 0 bridgehead atoms. The van der Waals surface area contributed by atoms with Gasteiger partial charge in [-0.15, -0.1) is 0 Å². The Labute approximate surface area is 222 Å². The number of urea groups is 1. The fourth-order valence-corrected chi connectivity index (χ4v) is 5.85. The highest BCUT2D eigenvalue weighted by Crippen LogP contribution is 2.45. The van der Waals surface area contributed by atoms with Gasteiger partial charge in [0.15, 0.2) is 0 Å². The highest BCUT2D eigenvalue weighted by molar-refractivity contribution is 9.10. The molecule has 1 unspecified atom stereocenters. The van der Waals surface area contributed by atoms with Crippen molar-refractivity contribution in [3.8, 4) is 0 Å². The number of benzene rings is 3. The first kappa shape index (κ1) is 24.1. The minimum atomic E-state index is -0.362. The van der Waals surface area contributed by atoms with Crippen LogP contribution in [-0.2, 0) is 4.79 Å². The van der Waals surface area contributed by atoms with Crippen molar-refractivity contribution in [3.63, 3.8) is 0 Å². The van der Waals surface area contributed by atoms with Crippen LogP contribution in [-0.4, -0.2) is 22.7 Å². The van der Waals surface area contributed by atoms with Crippen LogP contribution >= 0.6 is 27.7 Å². The molecule has 0 radical (unpaired) electrons. The summed E-state index contributed by atoms with van der Waals surface area (Å²) in [5.41, 5.74) is 5.20. The number of hydrogen-bond donors (Lipinski definition) is 3. The number of aliphatic imine (C=N–C) groups is 1. The summed E-state index contributed by atoms with van der Waals surface area (Å²) in [6.45, 7) is 1.87. The zero-order valence-electron chi connectivity index (χ0n) is 19.4. The largest absolute Gasteiger partial charge is 0.323 e. The predicted molar refractivity (Wildman–Crippen MR) is 150 cm³/mol. The lowest BCUT2D eigenvalue weighted by Gasteiger charge is -2.28. The number of nitrogens with one attached hydrogen (secondary N) is 3. The zero-order chi connectivity index (χ0) is 25.1. The molecule has 3 amide bonds. The van der Waals surface area contributed by atoms with Gasteiger partial charge in [0, 0.05) is 44.5 Å². The molecule has 8 heteroatoms. The number of allylic oxidation sites excluding steroid dienone is 1. The van der Waals surface area contributed by atoms with Gasteiger partial charge in [0.2, 0.25) is 0 Å². The average molecular weight is 559 g/mol. The maximum atomic E-state index is 13.6. The molecule has 0 aromatic heterocycles. The number of carbonyl (C=O) groups excluding carboxylic acids is 2. The second-order valence-corrected chi connectivity index (χ2v) is 10.2. The molecule has 2 aliphatic rings. The van der Waals surface area contributed by atoms with Crippen molar-refractivity contribution in [2.75, 3.05) is 16.4 Å². The van der Waals surface area contributed by atoms with Gasteiger partial charge in [-0.25, -0.2) is 9.79 Å². The van der Waals surface area contributed by atoms with Crippen LogP contribution in [0.1, 0.15) is 18.4 Å². The average Bonchev–Trinajstić information content (AvgIpc) is 3.25. The van der Waals surface area contributed by atoms with Crippen molar-refractivity contribution in [1.29, 1.82) is 0 Å². The van der Waals surface area contributed by atoms with Crippen LogP contribution in [0.15, 0.2) is 117 Å². The fourth-order valence-electron chi connectivity index (χ4n) is 4.34. The zero-order valence-corrected chi connectivity index (χ0v) is 21.8. The smallest absolute Gasteiger partial charge is 0.322 e. The van der Waals surface area contributed by atoms with Crippen LogP contribution in [0.4, 0.5) is 16.2 Å². The van der Waals surface area contributed by atoms with Crippen molar-refractivity contribution in [2.24, 2.45) is 4.99 Å². The lowest BCUT2D eigenvalue weighted by Crippen LogP contribution is -2.32. The van der Waals surface area contributed by atoms with E-state index < -0.39 is 0 Å². The topological polar surface area (TPSA) is 82.6 Å². The van der Waals surface area contributed by atoms with E-state index in [4.69, 9.17) is 4.99 Å². The van der Waals surface area contributed by atoms with E-state index in [9.17, 15) is 9.59 Å². The predicted octanol–water partition coefficient (Wildman–Crippen LogP) is 6.68. The molecule has 0 aliphatic carbocycles. The molecule has 0 saturated heterocycles. The first-order chi connectivity index (χ1) is 17.5. The Hall–Kier alpha value is -3.62. The normalized spacial score (nSPS) is 16.8. The van der Waals surface area contributed by atoms with Gasteiger partial charge in [-0.05, 0) is 42.8 Å². The summed E-state index contributed by atoms with van der Waals surface area (Å²) in [4.78, 5) is 31.3. The molecule has 3 aromatic rings. The van der Waals surface area contributed by atoms with Crippen LogP contribution in [0.3, 0.4) is 0 Å². The highest BCUT2D eigenvalue weighted by atomic mass is 79.9. The second-order valence-electron chi connectivity index (χ2n) is 8.35. The lowest BCUT2D eigenvalue weighted by molar-refractivity contribution is -0.113. The third kappa shape index (κ3) is 5.15. The Morgan fingerprint density at radius 2 is 1.58 bits per heavy atom. The Morgan fingerprint density at radius 3 is 2.31 bits per heavy atom. The summed E-state index contributed by atoms with van der Waals surface area (Å²) in [5.74, 6) is -0.0131. The van der Waals surface area contributed by atoms with E-state index >= 15 is 0 Å². The van der Waals surface area contributed by atoms with Gasteiger partial charge >= 0.3 is 6.03 Å². The Balaban J connectivity index is 1.51. The molecule has 2 aliphatic heterocycles. The monoisotopic (exact) mass is 558 g/mol. The van der Waals surface area contributed by atoms with Gasteiger partial charge in [-0.3, -0.25) is 4.79 Å². The van der Waals surface area contributed by atoms with Crippen LogP contribution in [0.2, 0.25) is 0 Å². The third-order valence-corrected chi connectivity index (χ3v) is 7.41. The van der Waals surface area contributed by atoms with Crippen molar-refractivity contribution >= 4 is 56.0 Å². The van der Waals surface area contributed by atoms with E-state index in [-0.39, 0.29) is 17.9 Å². The molecule has 3 N–H and O–H groups in total.